The zero-order valence-corrected chi connectivity index (χ0v) is 21.7. The van der Waals surface area contributed by atoms with E-state index in [0.717, 1.165) is 42.6 Å². The lowest BCUT2D eigenvalue weighted by Gasteiger charge is -2.29. The second-order valence-corrected chi connectivity index (χ2v) is 9.94. The summed E-state index contributed by atoms with van der Waals surface area (Å²) in [6, 6.07) is 17.4. The molecule has 0 aliphatic heterocycles. The number of hydrogen-bond acceptors (Lipinski definition) is 5. The highest BCUT2D eigenvalue weighted by atomic mass is 35.5. The van der Waals surface area contributed by atoms with E-state index in [9.17, 15) is 14.7 Å². The Morgan fingerprint density at radius 3 is 2.24 bits per heavy atom. The number of nitrogens with one attached hydrogen (secondary N) is 2. The lowest BCUT2D eigenvalue weighted by atomic mass is 9.93. The second-order valence-electron chi connectivity index (χ2n) is 9.13. The van der Waals surface area contributed by atoms with Gasteiger partial charge in [-0.2, -0.15) is 0 Å². The van der Waals surface area contributed by atoms with Crippen LogP contribution in [0, 0.1) is 0 Å². The summed E-state index contributed by atoms with van der Waals surface area (Å²) in [6.45, 7) is 0.493. The number of pyridine rings is 1. The molecule has 194 valence electrons. The molecule has 2 aromatic carbocycles. The summed E-state index contributed by atoms with van der Waals surface area (Å²) >= 11 is 12.2. The van der Waals surface area contributed by atoms with Gasteiger partial charge in [-0.3, -0.25) is 4.79 Å². The standard InChI is InChI=1S/C28H29Cl2N3O4/c29-22-4-3-5-23(30)26(22)27(34)33-24(28(35)36)16-18-7-9-19(10-8-18)17-37-21-13-11-20(12-14-21)32-25-6-1-2-15-31-25/h1-10,15,20-21,24H,11-14,16-17H2,(H,31,32)(H,33,34)(H,35,36)/t20?,21?,24-/m1/s1. The number of carboxylic acids is 1. The average molecular weight is 542 g/mol. The molecule has 1 saturated carbocycles. The van der Waals surface area contributed by atoms with Crippen molar-refractivity contribution in [3.8, 4) is 0 Å². The smallest absolute Gasteiger partial charge is 0.326 e. The number of nitrogens with zero attached hydrogens (tertiary/aromatic N) is 1. The Morgan fingerprint density at radius 1 is 0.946 bits per heavy atom. The molecule has 0 bridgehead atoms. The third kappa shape index (κ3) is 7.68. The fourth-order valence-electron chi connectivity index (χ4n) is 4.40. The number of carbonyl (C=O) groups excluding carboxylic acids is 1. The van der Waals surface area contributed by atoms with Gasteiger partial charge in [0.1, 0.15) is 11.9 Å². The first-order chi connectivity index (χ1) is 17.9. The summed E-state index contributed by atoms with van der Waals surface area (Å²) in [4.78, 5) is 28.8. The molecule has 1 amide bonds. The van der Waals surface area contributed by atoms with Crippen LogP contribution in [0.4, 0.5) is 5.82 Å². The molecule has 0 unspecified atom stereocenters. The van der Waals surface area contributed by atoms with Crippen LogP contribution < -0.4 is 10.6 Å². The van der Waals surface area contributed by atoms with E-state index in [1.165, 1.54) is 12.1 Å². The summed E-state index contributed by atoms with van der Waals surface area (Å²) in [5.74, 6) is -0.862. The van der Waals surface area contributed by atoms with Crippen molar-refractivity contribution in [3.63, 3.8) is 0 Å². The maximum absolute atomic E-state index is 12.6. The van der Waals surface area contributed by atoms with Crippen molar-refractivity contribution in [1.82, 2.24) is 10.3 Å². The Bertz CT molecular complexity index is 1180. The van der Waals surface area contributed by atoms with E-state index in [0.29, 0.717) is 12.6 Å². The molecule has 3 aromatic rings. The fraction of sp³-hybridized carbons (Fsp3) is 0.321. The number of aliphatic carboxylic acids is 1. The summed E-state index contributed by atoms with van der Waals surface area (Å²) in [5, 5.41) is 16.0. The Hall–Kier alpha value is -3.13. The van der Waals surface area contributed by atoms with Gasteiger partial charge in [0.15, 0.2) is 0 Å². The minimum Gasteiger partial charge on any atom is -0.480 e. The third-order valence-corrected chi connectivity index (χ3v) is 7.06. The van der Waals surface area contributed by atoms with Crippen LogP contribution in [0.2, 0.25) is 10.0 Å². The number of halogens is 2. The number of amides is 1. The quantitative estimate of drug-likeness (QED) is 0.302. The maximum atomic E-state index is 12.6. The van der Waals surface area contributed by atoms with Crippen molar-refractivity contribution in [2.75, 3.05) is 5.32 Å². The summed E-state index contributed by atoms with van der Waals surface area (Å²) in [5.41, 5.74) is 1.85. The van der Waals surface area contributed by atoms with E-state index < -0.39 is 17.9 Å². The van der Waals surface area contributed by atoms with Crippen LogP contribution in [-0.4, -0.2) is 40.2 Å². The molecule has 1 aliphatic carbocycles. The molecule has 1 fully saturated rings. The molecule has 4 rings (SSSR count). The highest BCUT2D eigenvalue weighted by Gasteiger charge is 2.24. The Balaban J connectivity index is 1.25. The molecule has 0 radical (unpaired) electrons. The normalized spacial score (nSPS) is 18.1. The van der Waals surface area contributed by atoms with Gasteiger partial charge in [-0.15, -0.1) is 0 Å². The second kappa shape index (κ2) is 12.9. The molecule has 0 spiro atoms. The van der Waals surface area contributed by atoms with Gasteiger partial charge < -0.3 is 20.5 Å². The number of rotatable bonds is 10. The molecule has 1 aromatic heterocycles. The van der Waals surface area contributed by atoms with Gasteiger partial charge in [-0.05, 0) is 61.1 Å². The average Bonchev–Trinajstić information content (AvgIpc) is 2.89. The van der Waals surface area contributed by atoms with Gasteiger partial charge >= 0.3 is 5.97 Å². The van der Waals surface area contributed by atoms with Crippen LogP contribution in [0.25, 0.3) is 0 Å². The molecule has 1 heterocycles. The topological polar surface area (TPSA) is 101 Å². The van der Waals surface area contributed by atoms with E-state index in [1.54, 1.807) is 12.3 Å². The number of hydrogen-bond donors (Lipinski definition) is 3. The number of carbonyl (C=O) groups is 2. The van der Waals surface area contributed by atoms with Crippen LogP contribution in [0.15, 0.2) is 66.9 Å². The zero-order chi connectivity index (χ0) is 26.2. The highest BCUT2D eigenvalue weighted by molar-refractivity contribution is 6.39. The number of carboxylic acid groups (broad SMARTS) is 1. The zero-order valence-electron chi connectivity index (χ0n) is 20.2. The Kier molecular flexibility index (Phi) is 9.39. The lowest BCUT2D eigenvalue weighted by Crippen LogP contribution is -2.42. The van der Waals surface area contributed by atoms with Crippen molar-refractivity contribution in [1.29, 1.82) is 0 Å². The first-order valence-corrected chi connectivity index (χ1v) is 13.0. The number of benzene rings is 2. The van der Waals surface area contributed by atoms with E-state index in [2.05, 4.69) is 15.6 Å². The number of anilines is 1. The summed E-state index contributed by atoms with van der Waals surface area (Å²) in [6.07, 6.45) is 6.15. The van der Waals surface area contributed by atoms with Gasteiger partial charge in [0.25, 0.3) is 5.91 Å². The third-order valence-electron chi connectivity index (χ3n) is 6.43. The lowest BCUT2D eigenvalue weighted by molar-refractivity contribution is -0.139. The van der Waals surface area contributed by atoms with E-state index >= 15 is 0 Å². The van der Waals surface area contributed by atoms with Gasteiger partial charge in [0.05, 0.1) is 28.3 Å². The molecule has 7 nitrogen and oxygen atoms in total. The molecular weight excluding hydrogens is 513 g/mol. The van der Waals surface area contributed by atoms with Crippen molar-refractivity contribution in [2.45, 2.75) is 56.9 Å². The van der Waals surface area contributed by atoms with Crippen molar-refractivity contribution in [3.05, 3.63) is 93.6 Å². The SMILES string of the molecule is O=C(N[C@H](Cc1ccc(COC2CCC(Nc3ccccn3)CC2)cc1)C(=O)O)c1c(Cl)cccc1Cl. The van der Waals surface area contributed by atoms with Crippen LogP contribution >= 0.6 is 23.2 Å². The maximum Gasteiger partial charge on any atom is 0.326 e. The first-order valence-electron chi connectivity index (χ1n) is 12.2. The Labute approximate surface area is 226 Å². The molecule has 1 atom stereocenters. The van der Waals surface area contributed by atoms with E-state index in [-0.39, 0.29) is 28.1 Å². The van der Waals surface area contributed by atoms with Crippen molar-refractivity contribution < 1.29 is 19.4 Å². The number of aromatic nitrogens is 1. The van der Waals surface area contributed by atoms with Crippen LogP contribution in [0.5, 0.6) is 0 Å². The Morgan fingerprint density at radius 2 is 1.62 bits per heavy atom. The van der Waals surface area contributed by atoms with E-state index in [1.807, 2.05) is 42.5 Å². The molecule has 9 heteroatoms. The van der Waals surface area contributed by atoms with Crippen LogP contribution in [0.1, 0.15) is 47.2 Å². The monoisotopic (exact) mass is 541 g/mol. The predicted molar refractivity (Wildman–Crippen MR) is 144 cm³/mol. The summed E-state index contributed by atoms with van der Waals surface area (Å²) in [7, 11) is 0. The van der Waals surface area contributed by atoms with Gasteiger partial charge in [-0.25, -0.2) is 9.78 Å². The van der Waals surface area contributed by atoms with E-state index in [4.69, 9.17) is 27.9 Å². The summed E-state index contributed by atoms with van der Waals surface area (Å²) < 4.78 is 6.13. The highest BCUT2D eigenvalue weighted by Crippen LogP contribution is 2.25. The largest absolute Gasteiger partial charge is 0.480 e. The number of ether oxygens (including phenoxy) is 1. The van der Waals surface area contributed by atoms with Crippen LogP contribution in [0.3, 0.4) is 0 Å². The van der Waals surface area contributed by atoms with Crippen LogP contribution in [-0.2, 0) is 22.6 Å². The molecule has 0 saturated heterocycles. The first kappa shape index (κ1) is 26.9. The fourth-order valence-corrected chi connectivity index (χ4v) is 4.97. The predicted octanol–water partition coefficient (Wildman–Crippen LogP) is 5.75. The van der Waals surface area contributed by atoms with Gasteiger partial charge in [-0.1, -0.05) is 59.6 Å². The van der Waals surface area contributed by atoms with Gasteiger partial charge in [0.2, 0.25) is 0 Å². The van der Waals surface area contributed by atoms with Crippen molar-refractivity contribution in [2.24, 2.45) is 0 Å². The van der Waals surface area contributed by atoms with Crippen molar-refractivity contribution >= 4 is 40.9 Å². The molecule has 1 aliphatic rings. The molecule has 3 N–H and O–H groups in total. The van der Waals surface area contributed by atoms with Gasteiger partial charge in [0, 0.05) is 18.7 Å². The minimum absolute atomic E-state index is 0.0612. The molecular formula is C28H29Cl2N3O4. The minimum atomic E-state index is -1.14. The molecule has 37 heavy (non-hydrogen) atoms.